The number of hydrogen-bond acceptors (Lipinski definition) is 4. The molecule has 2 saturated heterocycles. The maximum atomic E-state index is 11.6. The highest BCUT2D eigenvalue weighted by Crippen LogP contribution is 2.30. The van der Waals surface area contributed by atoms with Crippen molar-refractivity contribution in [3.8, 4) is 0 Å². The monoisotopic (exact) mass is 310 g/mol. The number of ether oxygens (including phenoxy) is 2. The summed E-state index contributed by atoms with van der Waals surface area (Å²) in [6.45, 7) is 7.62. The van der Waals surface area contributed by atoms with E-state index in [9.17, 15) is 4.79 Å². The summed E-state index contributed by atoms with van der Waals surface area (Å²) < 4.78 is 11.5. The molecule has 2 aliphatic rings. The molecule has 0 radical (unpaired) electrons. The van der Waals surface area contributed by atoms with Gasteiger partial charge in [0.2, 0.25) is 5.91 Å². The molecule has 0 bridgehead atoms. The van der Waals surface area contributed by atoms with Crippen molar-refractivity contribution in [1.29, 1.82) is 0 Å². The Kier molecular flexibility index (Phi) is 6.41. The first-order valence-electron chi connectivity index (χ1n) is 8.44. The first kappa shape index (κ1) is 17.4. The summed E-state index contributed by atoms with van der Waals surface area (Å²) in [4.78, 5) is 11.6. The van der Waals surface area contributed by atoms with Gasteiger partial charge in [0.1, 0.15) is 0 Å². The van der Waals surface area contributed by atoms with Crippen LogP contribution in [-0.2, 0) is 14.3 Å². The van der Waals surface area contributed by atoms with E-state index in [1.807, 2.05) is 0 Å². The van der Waals surface area contributed by atoms with Crippen LogP contribution in [0, 0.1) is 0 Å². The number of amides is 1. The summed E-state index contributed by atoms with van der Waals surface area (Å²) in [5, 5.41) is 2.89. The molecule has 126 valence electrons. The van der Waals surface area contributed by atoms with Gasteiger partial charge in [-0.05, 0) is 51.9 Å². The molecule has 22 heavy (non-hydrogen) atoms. The quantitative estimate of drug-likeness (QED) is 0.672. The molecule has 2 atom stereocenters. The fraction of sp³-hybridized carbons (Fsp3) is 0.824. The van der Waals surface area contributed by atoms with Crippen molar-refractivity contribution in [2.45, 2.75) is 69.6 Å². The van der Waals surface area contributed by atoms with Crippen LogP contribution in [0.3, 0.4) is 0 Å². The predicted octanol–water partition coefficient (Wildman–Crippen LogP) is 1.90. The number of hydrogen-bond donors (Lipinski definition) is 2. The SMILES string of the molecule is C=C(C)C(=O)NCCC(N)(CC1CCCO1)CC1CCCO1. The molecule has 0 aromatic carbocycles. The number of carbonyl (C=O) groups is 1. The van der Waals surface area contributed by atoms with E-state index in [0.29, 0.717) is 12.1 Å². The Morgan fingerprint density at radius 1 is 1.23 bits per heavy atom. The van der Waals surface area contributed by atoms with Crippen LogP contribution < -0.4 is 11.1 Å². The summed E-state index contributed by atoms with van der Waals surface area (Å²) in [6.07, 6.45) is 7.34. The predicted molar refractivity (Wildman–Crippen MR) is 86.5 cm³/mol. The van der Waals surface area contributed by atoms with E-state index in [-0.39, 0.29) is 23.7 Å². The molecule has 0 aromatic heterocycles. The molecule has 2 fully saturated rings. The van der Waals surface area contributed by atoms with Crippen LogP contribution in [0.5, 0.6) is 0 Å². The third-order valence-electron chi connectivity index (χ3n) is 4.61. The van der Waals surface area contributed by atoms with Gasteiger partial charge in [0, 0.05) is 30.9 Å². The minimum atomic E-state index is -0.341. The van der Waals surface area contributed by atoms with Crippen LogP contribution in [-0.4, -0.2) is 43.4 Å². The van der Waals surface area contributed by atoms with E-state index in [2.05, 4.69) is 11.9 Å². The number of rotatable bonds is 8. The lowest BCUT2D eigenvalue weighted by Gasteiger charge is -2.34. The third kappa shape index (κ3) is 5.38. The van der Waals surface area contributed by atoms with Crippen molar-refractivity contribution >= 4 is 5.91 Å². The summed E-state index contributed by atoms with van der Waals surface area (Å²) in [6, 6.07) is 0. The normalized spacial score (nSPS) is 27.5. The van der Waals surface area contributed by atoms with Crippen molar-refractivity contribution in [2.24, 2.45) is 5.73 Å². The zero-order valence-corrected chi connectivity index (χ0v) is 13.7. The van der Waals surface area contributed by atoms with Crippen molar-refractivity contribution < 1.29 is 14.3 Å². The molecule has 5 heteroatoms. The number of carbonyl (C=O) groups excluding carboxylic acids is 1. The molecule has 1 amide bonds. The Hall–Kier alpha value is -0.910. The zero-order chi connectivity index (χ0) is 16.0. The topological polar surface area (TPSA) is 73.6 Å². The Bertz CT molecular complexity index is 367. The van der Waals surface area contributed by atoms with Gasteiger partial charge in [0.15, 0.2) is 0 Å². The fourth-order valence-electron chi connectivity index (χ4n) is 3.38. The molecule has 0 aliphatic carbocycles. The Morgan fingerprint density at radius 3 is 2.18 bits per heavy atom. The van der Waals surface area contributed by atoms with E-state index in [1.165, 1.54) is 0 Å². The first-order valence-corrected chi connectivity index (χ1v) is 8.44. The zero-order valence-electron chi connectivity index (χ0n) is 13.7. The van der Waals surface area contributed by atoms with Gasteiger partial charge in [-0.25, -0.2) is 0 Å². The van der Waals surface area contributed by atoms with E-state index in [4.69, 9.17) is 15.2 Å². The van der Waals surface area contributed by atoms with E-state index < -0.39 is 0 Å². The van der Waals surface area contributed by atoms with Crippen molar-refractivity contribution in [3.05, 3.63) is 12.2 Å². The Balaban J connectivity index is 1.87. The van der Waals surface area contributed by atoms with Gasteiger partial charge in [-0.15, -0.1) is 0 Å². The summed E-state index contributed by atoms with van der Waals surface area (Å²) in [5.74, 6) is -0.100. The highest BCUT2D eigenvalue weighted by atomic mass is 16.5. The van der Waals surface area contributed by atoms with Gasteiger partial charge in [-0.3, -0.25) is 4.79 Å². The number of nitrogens with one attached hydrogen (secondary N) is 1. The van der Waals surface area contributed by atoms with Crippen LogP contribution in [0.1, 0.15) is 51.9 Å². The van der Waals surface area contributed by atoms with E-state index in [1.54, 1.807) is 6.92 Å². The molecule has 0 saturated carbocycles. The van der Waals surface area contributed by atoms with Gasteiger partial charge in [-0.2, -0.15) is 0 Å². The fourth-order valence-corrected chi connectivity index (χ4v) is 3.38. The number of nitrogens with two attached hydrogens (primary N) is 1. The minimum Gasteiger partial charge on any atom is -0.378 e. The average molecular weight is 310 g/mol. The van der Waals surface area contributed by atoms with Crippen LogP contribution in [0.25, 0.3) is 0 Å². The minimum absolute atomic E-state index is 0.100. The largest absolute Gasteiger partial charge is 0.378 e. The van der Waals surface area contributed by atoms with E-state index >= 15 is 0 Å². The molecule has 2 aliphatic heterocycles. The van der Waals surface area contributed by atoms with Crippen molar-refractivity contribution in [3.63, 3.8) is 0 Å². The molecule has 2 heterocycles. The summed E-state index contributed by atoms with van der Waals surface area (Å²) >= 11 is 0. The molecular weight excluding hydrogens is 280 g/mol. The molecule has 3 N–H and O–H groups in total. The van der Waals surface area contributed by atoms with Gasteiger partial charge in [0.05, 0.1) is 12.2 Å². The van der Waals surface area contributed by atoms with Gasteiger partial charge in [0.25, 0.3) is 0 Å². The molecule has 0 spiro atoms. The highest BCUT2D eigenvalue weighted by Gasteiger charge is 2.34. The van der Waals surface area contributed by atoms with Gasteiger partial charge < -0.3 is 20.5 Å². The maximum absolute atomic E-state index is 11.6. The van der Waals surface area contributed by atoms with Crippen molar-refractivity contribution in [2.75, 3.05) is 19.8 Å². The lowest BCUT2D eigenvalue weighted by atomic mass is 9.83. The smallest absolute Gasteiger partial charge is 0.246 e. The first-order chi connectivity index (χ1) is 10.5. The average Bonchev–Trinajstić information content (AvgIpc) is 3.12. The van der Waals surface area contributed by atoms with Crippen molar-refractivity contribution in [1.82, 2.24) is 5.32 Å². The highest BCUT2D eigenvalue weighted by molar-refractivity contribution is 5.92. The standard InChI is InChI=1S/C17H30N2O3/c1-13(2)16(20)19-8-7-17(18,11-14-5-3-9-21-14)12-15-6-4-10-22-15/h14-15H,1,3-12,18H2,2H3,(H,19,20). The molecule has 2 unspecified atom stereocenters. The second-order valence-corrected chi connectivity index (χ2v) is 6.83. The summed E-state index contributed by atoms with van der Waals surface area (Å²) in [7, 11) is 0. The second kappa shape index (κ2) is 8.09. The maximum Gasteiger partial charge on any atom is 0.246 e. The second-order valence-electron chi connectivity index (χ2n) is 6.83. The van der Waals surface area contributed by atoms with Gasteiger partial charge in [-0.1, -0.05) is 6.58 Å². The lowest BCUT2D eigenvalue weighted by Crippen LogP contribution is -2.48. The third-order valence-corrected chi connectivity index (χ3v) is 4.61. The molecule has 2 rings (SSSR count). The summed E-state index contributed by atoms with van der Waals surface area (Å²) in [5.41, 5.74) is 6.87. The lowest BCUT2D eigenvalue weighted by molar-refractivity contribution is -0.117. The Morgan fingerprint density at radius 2 is 1.77 bits per heavy atom. The van der Waals surface area contributed by atoms with Crippen LogP contribution in [0.15, 0.2) is 12.2 Å². The van der Waals surface area contributed by atoms with Crippen LogP contribution >= 0.6 is 0 Å². The van der Waals surface area contributed by atoms with Crippen LogP contribution in [0.4, 0.5) is 0 Å². The van der Waals surface area contributed by atoms with Crippen LogP contribution in [0.2, 0.25) is 0 Å². The molecule has 0 aromatic rings. The molecular formula is C17H30N2O3. The van der Waals surface area contributed by atoms with E-state index in [0.717, 1.165) is 58.2 Å². The Labute approximate surface area is 133 Å². The molecule has 5 nitrogen and oxygen atoms in total. The van der Waals surface area contributed by atoms with Gasteiger partial charge >= 0.3 is 0 Å².